The third-order valence-electron chi connectivity index (χ3n) is 3.24. The molecule has 0 saturated carbocycles. The van der Waals surface area contributed by atoms with E-state index in [-0.39, 0.29) is 18.5 Å². The zero-order valence-electron chi connectivity index (χ0n) is 12.2. The van der Waals surface area contributed by atoms with E-state index < -0.39 is 10.0 Å². The molecule has 7 heteroatoms. The van der Waals surface area contributed by atoms with E-state index in [2.05, 4.69) is 9.62 Å². The Labute approximate surface area is 126 Å². The van der Waals surface area contributed by atoms with Crippen molar-refractivity contribution in [1.82, 2.24) is 9.62 Å². The van der Waals surface area contributed by atoms with E-state index >= 15 is 0 Å². The highest BCUT2D eigenvalue weighted by Crippen LogP contribution is 2.08. The monoisotopic (exact) mass is 314 g/mol. The van der Waals surface area contributed by atoms with E-state index in [1.807, 2.05) is 25.2 Å². The summed E-state index contributed by atoms with van der Waals surface area (Å²) in [5.41, 5.74) is 0. The molecular formula is C14H22N2O4S. The second kappa shape index (κ2) is 7.74. The van der Waals surface area contributed by atoms with Gasteiger partial charge < -0.3 is 14.4 Å². The maximum atomic E-state index is 11.9. The molecule has 0 aromatic heterocycles. The van der Waals surface area contributed by atoms with Crippen molar-refractivity contribution in [2.24, 2.45) is 0 Å². The van der Waals surface area contributed by atoms with Crippen LogP contribution in [-0.4, -0.2) is 65.1 Å². The number of ether oxygens (including phenoxy) is 2. The van der Waals surface area contributed by atoms with E-state index in [1.54, 1.807) is 12.1 Å². The van der Waals surface area contributed by atoms with Crippen LogP contribution in [0.25, 0.3) is 0 Å². The number of benzene rings is 1. The zero-order valence-corrected chi connectivity index (χ0v) is 13.0. The summed E-state index contributed by atoms with van der Waals surface area (Å²) < 4.78 is 37.3. The van der Waals surface area contributed by atoms with Gasteiger partial charge in [-0.05, 0) is 19.2 Å². The third kappa shape index (κ3) is 6.01. The molecule has 0 unspecified atom stereocenters. The van der Waals surface area contributed by atoms with Gasteiger partial charge in [-0.15, -0.1) is 0 Å². The van der Waals surface area contributed by atoms with Crippen LogP contribution >= 0.6 is 0 Å². The van der Waals surface area contributed by atoms with Crippen LogP contribution in [0.15, 0.2) is 30.3 Å². The number of hydrogen-bond donors (Lipinski definition) is 1. The average Bonchev–Trinajstić information content (AvgIpc) is 2.46. The fourth-order valence-electron chi connectivity index (χ4n) is 2.07. The summed E-state index contributed by atoms with van der Waals surface area (Å²) in [4.78, 5) is 2.13. The van der Waals surface area contributed by atoms with Gasteiger partial charge in [-0.3, -0.25) is 0 Å². The molecule has 21 heavy (non-hydrogen) atoms. The van der Waals surface area contributed by atoms with Crippen molar-refractivity contribution in [3.05, 3.63) is 30.3 Å². The SMILES string of the molecule is CN1CCO[C@@H](CNS(=O)(=O)CCOc2ccccc2)C1. The van der Waals surface area contributed by atoms with Crippen molar-refractivity contribution in [3.63, 3.8) is 0 Å². The van der Waals surface area contributed by atoms with Gasteiger partial charge in [-0.25, -0.2) is 13.1 Å². The van der Waals surface area contributed by atoms with Gasteiger partial charge in [0, 0.05) is 19.6 Å². The molecule has 0 bridgehead atoms. The largest absolute Gasteiger partial charge is 0.492 e. The summed E-state index contributed by atoms with van der Waals surface area (Å²) in [7, 11) is -1.34. The molecule has 118 valence electrons. The number of nitrogens with zero attached hydrogens (tertiary/aromatic N) is 1. The lowest BCUT2D eigenvalue weighted by molar-refractivity contribution is -0.0156. The lowest BCUT2D eigenvalue weighted by Crippen LogP contribution is -2.46. The molecule has 0 amide bonds. The van der Waals surface area contributed by atoms with Gasteiger partial charge >= 0.3 is 0 Å². The Balaban J connectivity index is 1.69. The second-order valence-electron chi connectivity index (χ2n) is 5.08. The second-order valence-corrected chi connectivity index (χ2v) is 7.01. The number of sulfonamides is 1. The maximum Gasteiger partial charge on any atom is 0.215 e. The van der Waals surface area contributed by atoms with Gasteiger partial charge in [0.2, 0.25) is 10.0 Å². The van der Waals surface area contributed by atoms with Gasteiger partial charge in [0.15, 0.2) is 0 Å². The molecule has 1 aromatic carbocycles. The molecule has 0 radical (unpaired) electrons. The van der Waals surface area contributed by atoms with Crippen LogP contribution in [0.1, 0.15) is 0 Å². The smallest absolute Gasteiger partial charge is 0.215 e. The molecule has 1 atom stereocenters. The minimum absolute atomic E-state index is 0.0650. The van der Waals surface area contributed by atoms with Crippen LogP contribution < -0.4 is 9.46 Å². The molecule has 6 nitrogen and oxygen atoms in total. The minimum Gasteiger partial charge on any atom is -0.492 e. The number of hydrogen-bond acceptors (Lipinski definition) is 5. The Morgan fingerprint density at radius 3 is 2.86 bits per heavy atom. The number of nitrogens with one attached hydrogen (secondary N) is 1. The molecule has 2 rings (SSSR count). The Hall–Kier alpha value is -1.15. The molecular weight excluding hydrogens is 292 g/mol. The Morgan fingerprint density at radius 1 is 1.38 bits per heavy atom. The van der Waals surface area contributed by atoms with E-state index in [0.29, 0.717) is 18.9 Å². The first-order chi connectivity index (χ1) is 10.1. The molecule has 0 aliphatic carbocycles. The summed E-state index contributed by atoms with van der Waals surface area (Å²) in [5, 5.41) is 0. The molecule has 1 fully saturated rings. The minimum atomic E-state index is -3.34. The van der Waals surface area contributed by atoms with Gasteiger partial charge in [0.1, 0.15) is 12.4 Å². The van der Waals surface area contributed by atoms with Crippen LogP contribution in [0, 0.1) is 0 Å². The highest BCUT2D eigenvalue weighted by molar-refractivity contribution is 7.89. The van der Waals surface area contributed by atoms with Crippen molar-refractivity contribution in [1.29, 1.82) is 0 Å². The van der Waals surface area contributed by atoms with Crippen LogP contribution in [0.2, 0.25) is 0 Å². The van der Waals surface area contributed by atoms with Gasteiger partial charge in [0.05, 0.1) is 18.5 Å². The molecule has 1 aromatic rings. The van der Waals surface area contributed by atoms with Gasteiger partial charge in [-0.1, -0.05) is 18.2 Å². The highest BCUT2D eigenvalue weighted by atomic mass is 32.2. The summed E-state index contributed by atoms with van der Waals surface area (Å²) in [6, 6.07) is 9.17. The van der Waals surface area contributed by atoms with Crippen molar-refractivity contribution in [2.45, 2.75) is 6.10 Å². The number of rotatable bonds is 7. The highest BCUT2D eigenvalue weighted by Gasteiger charge is 2.20. The maximum absolute atomic E-state index is 11.9. The number of morpholine rings is 1. The van der Waals surface area contributed by atoms with Crippen molar-refractivity contribution >= 4 is 10.0 Å². The summed E-state index contributed by atoms with van der Waals surface area (Å²) in [5.74, 6) is 0.606. The lowest BCUT2D eigenvalue weighted by Gasteiger charge is -2.30. The van der Waals surface area contributed by atoms with Crippen LogP contribution in [0.4, 0.5) is 0 Å². The molecule has 1 saturated heterocycles. The molecule has 1 heterocycles. The van der Waals surface area contributed by atoms with Gasteiger partial charge in [-0.2, -0.15) is 0 Å². The van der Waals surface area contributed by atoms with Gasteiger partial charge in [0.25, 0.3) is 0 Å². The molecule has 1 aliphatic heterocycles. The van der Waals surface area contributed by atoms with Crippen LogP contribution in [0.3, 0.4) is 0 Å². The van der Waals surface area contributed by atoms with Crippen molar-refractivity contribution in [2.75, 3.05) is 45.6 Å². The predicted molar refractivity (Wildman–Crippen MR) is 81.0 cm³/mol. The standard InChI is InChI=1S/C14H22N2O4S/c1-16-7-8-19-14(12-16)11-15-21(17,18)10-9-20-13-5-3-2-4-6-13/h2-6,14-15H,7-12H2,1H3/t14-/m0/s1. The summed E-state index contributed by atoms with van der Waals surface area (Å²) in [6.07, 6.45) is -0.0893. The first-order valence-corrected chi connectivity index (χ1v) is 8.66. The Kier molecular flexibility index (Phi) is 5.98. The topological polar surface area (TPSA) is 67.9 Å². The fourth-order valence-corrected chi connectivity index (χ4v) is 2.96. The Morgan fingerprint density at radius 2 is 2.14 bits per heavy atom. The van der Waals surface area contributed by atoms with Crippen molar-refractivity contribution in [3.8, 4) is 5.75 Å². The van der Waals surface area contributed by atoms with Crippen LogP contribution in [-0.2, 0) is 14.8 Å². The molecule has 1 N–H and O–H groups in total. The summed E-state index contributed by atoms with van der Waals surface area (Å²) >= 11 is 0. The van der Waals surface area contributed by atoms with E-state index in [4.69, 9.17) is 9.47 Å². The summed E-state index contributed by atoms with van der Waals surface area (Å²) in [6.45, 7) is 2.69. The quantitative estimate of drug-likeness (QED) is 0.785. The lowest BCUT2D eigenvalue weighted by atomic mass is 10.3. The molecule has 0 spiro atoms. The molecule has 1 aliphatic rings. The third-order valence-corrected chi connectivity index (χ3v) is 4.55. The van der Waals surface area contributed by atoms with Crippen LogP contribution in [0.5, 0.6) is 5.75 Å². The fraction of sp³-hybridized carbons (Fsp3) is 0.571. The number of likely N-dealkylation sites (N-methyl/N-ethyl adjacent to an activating group) is 1. The number of para-hydroxylation sites is 1. The Bertz CT molecular complexity index is 521. The zero-order chi connectivity index (χ0) is 15.1. The van der Waals surface area contributed by atoms with Crippen molar-refractivity contribution < 1.29 is 17.9 Å². The predicted octanol–water partition coefficient (Wildman–Crippen LogP) is 0.315. The first-order valence-electron chi connectivity index (χ1n) is 7.00. The van der Waals surface area contributed by atoms with E-state index in [1.165, 1.54) is 0 Å². The first kappa shape index (κ1) is 16.2. The average molecular weight is 314 g/mol. The normalized spacial score (nSPS) is 20.3. The van der Waals surface area contributed by atoms with E-state index in [0.717, 1.165) is 13.1 Å². The van der Waals surface area contributed by atoms with E-state index in [9.17, 15) is 8.42 Å².